The van der Waals surface area contributed by atoms with Crippen molar-refractivity contribution in [2.24, 2.45) is 0 Å². The second kappa shape index (κ2) is 9.12. The van der Waals surface area contributed by atoms with Gasteiger partial charge in [-0.25, -0.2) is 0 Å². The SMILES string of the molecule is OCC1O[C@H](OCCCCCCS)C(O)[C@@H](O)[C@H]1O. The molecule has 0 aromatic rings. The number of thiol groups is 1. The summed E-state index contributed by atoms with van der Waals surface area (Å²) in [5.41, 5.74) is 0. The van der Waals surface area contributed by atoms with Crippen molar-refractivity contribution in [3.8, 4) is 0 Å². The number of aliphatic hydroxyl groups excluding tert-OH is 4. The van der Waals surface area contributed by atoms with Crippen LogP contribution in [0.5, 0.6) is 0 Å². The second-order valence-corrected chi connectivity index (χ2v) is 5.15. The summed E-state index contributed by atoms with van der Waals surface area (Å²) < 4.78 is 10.6. The lowest BCUT2D eigenvalue weighted by atomic mass is 9.99. The molecule has 7 heteroatoms. The molecule has 1 aliphatic heterocycles. The fourth-order valence-electron chi connectivity index (χ4n) is 1.97. The molecule has 0 radical (unpaired) electrons. The van der Waals surface area contributed by atoms with Crippen LogP contribution in [0.3, 0.4) is 0 Å². The molecule has 0 saturated carbocycles. The molecule has 1 rings (SSSR count). The molecule has 1 heterocycles. The normalized spacial score (nSPS) is 35.5. The molecule has 0 aromatic heterocycles. The minimum absolute atomic E-state index is 0.398. The molecule has 114 valence electrons. The summed E-state index contributed by atoms with van der Waals surface area (Å²) in [6.07, 6.45) is -2.00. The highest BCUT2D eigenvalue weighted by atomic mass is 32.1. The average Bonchev–Trinajstić information content (AvgIpc) is 2.42. The van der Waals surface area contributed by atoms with Gasteiger partial charge < -0.3 is 29.9 Å². The lowest BCUT2D eigenvalue weighted by Gasteiger charge is -2.39. The number of hydrogen-bond acceptors (Lipinski definition) is 7. The van der Waals surface area contributed by atoms with Crippen LogP contribution in [-0.2, 0) is 9.47 Å². The summed E-state index contributed by atoms with van der Waals surface area (Å²) in [5.74, 6) is 0.869. The van der Waals surface area contributed by atoms with Crippen molar-refractivity contribution in [1.29, 1.82) is 0 Å². The Bertz CT molecular complexity index is 240. The quantitative estimate of drug-likeness (QED) is 0.300. The predicted octanol–water partition coefficient (Wildman–Crippen LogP) is -0.707. The van der Waals surface area contributed by atoms with Crippen LogP contribution in [0.25, 0.3) is 0 Å². The Hall–Kier alpha value is 0.110. The second-order valence-electron chi connectivity index (χ2n) is 4.71. The number of unbranched alkanes of at least 4 members (excludes halogenated alkanes) is 3. The van der Waals surface area contributed by atoms with E-state index in [1.807, 2.05) is 0 Å². The maximum Gasteiger partial charge on any atom is 0.186 e. The first-order valence-electron chi connectivity index (χ1n) is 6.64. The van der Waals surface area contributed by atoms with E-state index in [1.165, 1.54) is 0 Å². The van der Waals surface area contributed by atoms with Gasteiger partial charge in [0.1, 0.15) is 24.4 Å². The third-order valence-corrected chi connectivity index (χ3v) is 3.50. The van der Waals surface area contributed by atoms with E-state index in [2.05, 4.69) is 12.6 Å². The van der Waals surface area contributed by atoms with E-state index in [9.17, 15) is 15.3 Å². The fraction of sp³-hybridized carbons (Fsp3) is 1.00. The molecule has 6 nitrogen and oxygen atoms in total. The van der Waals surface area contributed by atoms with Gasteiger partial charge in [-0.3, -0.25) is 0 Å². The largest absolute Gasteiger partial charge is 0.394 e. The van der Waals surface area contributed by atoms with Gasteiger partial charge in [0.2, 0.25) is 0 Å². The van der Waals surface area contributed by atoms with Gasteiger partial charge in [0.05, 0.1) is 6.61 Å². The van der Waals surface area contributed by atoms with Crippen molar-refractivity contribution in [1.82, 2.24) is 0 Å². The van der Waals surface area contributed by atoms with E-state index in [0.717, 1.165) is 31.4 Å². The van der Waals surface area contributed by atoms with Crippen LogP contribution in [0.15, 0.2) is 0 Å². The average molecular weight is 296 g/mol. The summed E-state index contributed by atoms with van der Waals surface area (Å²) in [4.78, 5) is 0. The molecule has 2 unspecified atom stereocenters. The Morgan fingerprint density at radius 2 is 1.63 bits per heavy atom. The van der Waals surface area contributed by atoms with E-state index in [4.69, 9.17) is 14.6 Å². The zero-order valence-electron chi connectivity index (χ0n) is 10.9. The van der Waals surface area contributed by atoms with Crippen molar-refractivity contribution in [3.05, 3.63) is 0 Å². The smallest absolute Gasteiger partial charge is 0.186 e. The Morgan fingerprint density at radius 1 is 0.947 bits per heavy atom. The third-order valence-electron chi connectivity index (χ3n) is 3.18. The van der Waals surface area contributed by atoms with Gasteiger partial charge in [-0.15, -0.1) is 0 Å². The van der Waals surface area contributed by atoms with E-state index in [1.54, 1.807) is 0 Å². The zero-order valence-corrected chi connectivity index (χ0v) is 11.8. The van der Waals surface area contributed by atoms with Gasteiger partial charge in [0.15, 0.2) is 6.29 Å². The minimum atomic E-state index is -1.37. The van der Waals surface area contributed by atoms with Crippen LogP contribution in [-0.4, -0.2) is 70.1 Å². The van der Waals surface area contributed by atoms with Gasteiger partial charge in [-0.05, 0) is 18.6 Å². The first kappa shape index (κ1) is 17.2. The summed E-state index contributed by atoms with van der Waals surface area (Å²) in [7, 11) is 0. The summed E-state index contributed by atoms with van der Waals surface area (Å²) in [6, 6.07) is 0. The highest BCUT2D eigenvalue weighted by Gasteiger charge is 2.43. The molecule has 19 heavy (non-hydrogen) atoms. The van der Waals surface area contributed by atoms with Crippen LogP contribution in [0.4, 0.5) is 0 Å². The maximum atomic E-state index is 9.71. The van der Waals surface area contributed by atoms with Crippen LogP contribution in [0, 0.1) is 0 Å². The lowest BCUT2D eigenvalue weighted by Crippen LogP contribution is -2.59. The van der Waals surface area contributed by atoms with E-state index in [-0.39, 0.29) is 0 Å². The Balaban J connectivity index is 2.28. The van der Waals surface area contributed by atoms with Crippen molar-refractivity contribution in [2.45, 2.75) is 56.4 Å². The predicted molar refractivity (Wildman–Crippen MR) is 72.0 cm³/mol. The molecule has 1 aliphatic rings. The maximum absolute atomic E-state index is 9.71. The number of hydrogen-bond donors (Lipinski definition) is 5. The van der Waals surface area contributed by atoms with Crippen LogP contribution in [0.2, 0.25) is 0 Å². The summed E-state index contributed by atoms with van der Waals surface area (Å²) in [6.45, 7) is -0.0397. The van der Waals surface area contributed by atoms with E-state index in [0.29, 0.717) is 6.61 Å². The third kappa shape index (κ3) is 5.18. The minimum Gasteiger partial charge on any atom is -0.394 e. The van der Waals surface area contributed by atoms with Crippen LogP contribution >= 0.6 is 12.6 Å². The van der Waals surface area contributed by atoms with Gasteiger partial charge in [-0.2, -0.15) is 12.6 Å². The molecular weight excluding hydrogens is 272 g/mol. The summed E-state index contributed by atoms with van der Waals surface area (Å²) >= 11 is 4.12. The van der Waals surface area contributed by atoms with Crippen molar-refractivity contribution >= 4 is 12.6 Å². The molecule has 0 spiro atoms. The van der Waals surface area contributed by atoms with Gasteiger partial charge in [0.25, 0.3) is 0 Å². The highest BCUT2D eigenvalue weighted by molar-refractivity contribution is 7.80. The molecule has 5 atom stereocenters. The Labute approximate surface area is 118 Å². The number of aliphatic hydroxyl groups is 4. The Morgan fingerprint density at radius 3 is 2.26 bits per heavy atom. The van der Waals surface area contributed by atoms with E-state index >= 15 is 0 Å². The molecule has 0 aliphatic carbocycles. The van der Waals surface area contributed by atoms with Gasteiger partial charge in [-0.1, -0.05) is 12.8 Å². The van der Waals surface area contributed by atoms with Crippen molar-refractivity contribution < 1.29 is 29.9 Å². The standard InChI is InChI=1S/C12H24O6S/c13-7-8-9(14)10(15)11(16)12(18-8)17-5-3-1-2-4-6-19/h8-16,19H,1-7H2/t8?,9-,10-,11?,12-/m0/s1. The molecule has 1 saturated heterocycles. The van der Waals surface area contributed by atoms with Crippen LogP contribution < -0.4 is 0 Å². The first-order valence-corrected chi connectivity index (χ1v) is 7.28. The molecule has 0 bridgehead atoms. The number of ether oxygens (including phenoxy) is 2. The Kier molecular flexibility index (Phi) is 8.24. The van der Waals surface area contributed by atoms with Crippen molar-refractivity contribution in [2.75, 3.05) is 19.0 Å². The molecule has 1 fully saturated rings. The van der Waals surface area contributed by atoms with Crippen molar-refractivity contribution in [3.63, 3.8) is 0 Å². The lowest BCUT2D eigenvalue weighted by molar-refractivity contribution is -0.301. The first-order chi connectivity index (χ1) is 9.11. The molecule has 0 aromatic carbocycles. The number of rotatable bonds is 8. The van der Waals surface area contributed by atoms with Gasteiger partial charge >= 0.3 is 0 Å². The summed E-state index contributed by atoms with van der Waals surface area (Å²) in [5, 5.41) is 37.9. The van der Waals surface area contributed by atoms with Gasteiger partial charge in [0, 0.05) is 6.61 Å². The zero-order chi connectivity index (χ0) is 14.3. The molecule has 4 N–H and O–H groups in total. The van der Waals surface area contributed by atoms with Crippen LogP contribution in [0.1, 0.15) is 25.7 Å². The molecular formula is C12H24O6S. The fourth-order valence-corrected chi connectivity index (χ4v) is 2.20. The monoisotopic (exact) mass is 296 g/mol. The topological polar surface area (TPSA) is 99.4 Å². The molecule has 0 amide bonds. The van der Waals surface area contributed by atoms with E-state index < -0.39 is 37.3 Å². The highest BCUT2D eigenvalue weighted by Crippen LogP contribution is 2.22.